The Bertz CT molecular complexity index is 926. The number of halogens is 2. The normalized spacial score (nSPS) is 13.1. The van der Waals surface area contributed by atoms with Crippen LogP contribution in [0.15, 0.2) is 60.0 Å². The number of aryl methyl sites for hydroxylation is 1. The standard InChI is InChI=1S/C22H22F2N2OS/c1-14-5-7-16(8-6-14)22(20-4-3-11-28-20)25-13-21(27)26-15(2)18-10-9-17(23)12-19(18)24/h3-12,15,22,25H,13H2,1-2H3,(H,26,27)/p+1/t15-,22-/m0/s1. The Labute approximate surface area is 167 Å². The van der Waals surface area contributed by atoms with Crippen molar-refractivity contribution in [1.29, 1.82) is 0 Å². The zero-order chi connectivity index (χ0) is 20.1. The highest BCUT2D eigenvalue weighted by molar-refractivity contribution is 7.10. The number of carbonyl (C=O) groups excluding carboxylic acids is 1. The second-order valence-electron chi connectivity index (χ2n) is 6.80. The Morgan fingerprint density at radius 2 is 1.89 bits per heavy atom. The van der Waals surface area contributed by atoms with Gasteiger partial charge in [-0.25, -0.2) is 8.78 Å². The van der Waals surface area contributed by atoms with E-state index in [4.69, 9.17) is 0 Å². The molecular weight excluding hydrogens is 378 g/mol. The summed E-state index contributed by atoms with van der Waals surface area (Å²) in [6.45, 7) is 3.92. The molecule has 3 nitrogen and oxygen atoms in total. The zero-order valence-electron chi connectivity index (χ0n) is 15.8. The van der Waals surface area contributed by atoms with E-state index < -0.39 is 17.7 Å². The third-order valence-corrected chi connectivity index (χ3v) is 5.59. The van der Waals surface area contributed by atoms with E-state index in [1.807, 2.05) is 23.7 Å². The molecule has 2 atom stereocenters. The van der Waals surface area contributed by atoms with Gasteiger partial charge in [0, 0.05) is 17.2 Å². The molecule has 146 valence electrons. The summed E-state index contributed by atoms with van der Waals surface area (Å²) in [5, 5.41) is 6.78. The topological polar surface area (TPSA) is 45.7 Å². The second kappa shape index (κ2) is 9.08. The molecule has 0 aliphatic carbocycles. The summed E-state index contributed by atoms with van der Waals surface area (Å²) in [5.41, 5.74) is 2.57. The molecule has 0 radical (unpaired) electrons. The van der Waals surface area contributed by atoms with Crippen LogP contribution in [0.4, 0.5) is 8.78 Å². The summed E-state index contributed by atoms with van der Waals surface area (Å²) in [6.07, 6.45) is 0. The van der Waals surface area contributed by atoms with Crippen molar-refractivity contribution < 1.29 is 18.9 Å². The lowest BCUT2D eigenvalue weighted by molar-refractivity contribution is -0.676. The number of quaternary nitrogens is 1. The number of benzene rings is 2. The first kappa shape index (κ1) is 20.2. The number of amides is 1. The maximum atomic E-state index is 13.9. The lowest BCUT2D eigenvalue weighted by atomic mass is 10.0. The average Bonchev–Trinajstić information content (AvgIpc) is 3.17. The van der Waals surface area contributed by atoms with Gasteiger partial charge in [0.15, 0.2) is 6.54 Å². The molecule has 0 saturated heterocycles. The maximum absolute atomic E-state index is 13.9. The largest absolute Gasteiger partial charge is 0.345 e. The van der Waals surface area contributed by atoms with Gasteiger partial charge in [0.25, 0.3) is 5.91 Å². The molecule has 0 aliphatic heterocycles. The van der Waals surface area contributed by atoms with Crippen molar-refractivity contribution in [2.75, 3.05) is 6.54 Å². The van der Waals surface area contributed by atoms with Crippen LogP contribution in [0, 0.1) is 18.6 Å². The van der Waals surface area contributed by atoms with E-state index in [1.54, 1.807) is 18.3 Å². The highest BCUT2D eigenvalue weighted by Gasteiger charge is 2.21. The van der Waals surface area contributed by atoms with Crippen molar-refractivity contribution in [2.24, 2.45) is 0 Å². The lowest BCUT2D eigenvalue weighted by Crippen LogP contribution is -2.87. The second-order valence-corrected chi connectivity index (χ2v) is 7.78. The SMILES string of the molecule is Cc1ccc([C@H]([NH2+]CC(=O)N[C@@H](C)c2ccc(F)cc2F)c2cccs2)cc1. The van der Waals surface area contributed by atoms with Gasteiger partial charge in [-0.05, 0) is 31.4 Å². The molecule has 0 bridgehead atoms. The molecule has 3 aromatic rings. The van der Waals surface area contributed by atoms with Crippen molar-refractivity contribution in [2.45, 2.75) is 25.9 Å². The molecule has 1 amide bonds. The highest BCUT2D eigenvalue weighted by Crippen LogP contribution is 2.23. The molecule has 0 fully saturated rings. The fourth-order valence-corrected chi connectivity index (χ4v) is 3.96. The van der Waals surface area contributed by atoms with Crippen LogP contribution >= 0.6 is 11.3 Å². The first-order valence-corrected chi connectivity index (χ1v) is 9.99. The van der Waals surface area contributed by atoms with Crippen LogP contribution in [-0.4, -0.2) is 12.5 Å². The van der Waals surface area contributed by atoms with E-state index in [0.29, 0.717) is 0 Å². The molecule has 0 spiro atoms. The van der Waals surface area contributed by atoms with Gasteiger partial charge in [-0.15, -0.1) is 11.3 Å². The quantitative estimate of drug-likeness (QED) is 0.620. The predicted molar refractivity (Wildman–Crippen MR) is 107 cm³/mol. The lowest BCUT2D eigenvalue weighted by Gasteiger charge is -2.17. The van der Waals surface area contributed by atoms with Crippen LogP contribution in [-0.2, 0) is 4.79 Å². The number of nitrogens with one attached hydrogen (secondary N) is 1. The Balaban J connectivity index is 1.66. The number of carbonyl (C=O) groups is 1. The summed E-state index contributed by atoms with van der Waals surface area (Å²) in [5.74, 6) is -1.50. The molecule has 1 heterocycles. The van der Waals surface area contributed by atoms with Gasteiger partial charge >= 0.3 is 0 Å². The van der Waals surface area contributed by atoms with Crippen LogP contribution in [0.5, 0.6) is 0 Å². The first-order chi connectivity index (χ1) is 13.4. The third kappa shape index (κ3) is 5.03. The van der Waals surface area contributed by atoms with Crippen molar-refractivity contribution in [3.63, 3.8) is 0 Å². The molecule has 3 N–H and O–H groups in total. The van der Waals surface area contributed by atoms with Gasteiger partial charge in [-0.3, -0.25) is 4.79 Å². The van der Waals surface area contributed by atoms with Gasteiger partial charge in [0.2, 0.25) is 0 Å². The molecule has 3 rings (SSSR count). The van der Waals surface area contributed by atoms with Crippen LogP contribution < -0.4 is 10.6 Å². The molecule has 0 aliphatic rings. The minimum atomic E-state index is -0.659. The number of thiophene rings is 1. The van der Waals surface area contributed by atoms with E-state index in [1.165, 1.54) is 17.7 Å². The Kier molecular flexibility index (Phi) is 6.54. The van der Waals surface area contributed by atoms with Crippen LogP contribution in [0.3, 0.4) is 0 Å². The minimum Gasteiger partial charge on any atom is -0.345 e. The molecule has 0 unspecified atom stereocenters. The van der Waals surface area contributed by atoms with Gasteiger partial charge in [0.05, 0.1) is 10.9 Å². The third-order valence-electron chi connectivity index (χ3n) is 4.63. The summed E-state index contributed by atoms with van der Waals surface area (Å²) in [4.78, 5) is 13.6. The number of hydrogen-bond acceptors (Lipinski definition) is 2. The van der Waals surface area contributed by atoms with E-state index in [2.05, 4.69) is 35.6 Å². The van der Waals surface area contributed by atoms with E-state index in [9.17, 15) is 13.6 Å². The molecule has 0 saturated carbocycles. The van der Waals surface area contributed by atoms with Gasteiger partial charge in [0.1, 0.15) is 17.7 Å². The van der Waals surface area contributed by atoms with E-state index in [-0.39, 0.29) is 24.1 Å². The van der Waals surface area contributed by atoms with Gasteiger partial charge in [-0.1, -0.05) is 42.0 Å². The van der Waals surface area contributed by atoms with Gasteiger partial charge in [-0.2, -0.15) is 0 Å². The molecular formula is C22H23F2N2OS+. The fraction of sp³-hybridized carbons (Fsp3) is 0.227. The zero-order valence-corrected chi connectivity index (χ0v) is 16.6. The smallest absolute Gasteiger partial charge is 0.275 e. The predicted octanol–water partition coefficient (Wildman–Crippen LogP) is 3.86. The highest BCUT2D eigenvalue weighted by atomic mass is 32.1. The Morgan fingerprint density at radius 3 is 2.54 bits per heavy atom. The monoisotopic (exact) mass is 401 g/mol. The maximum Gasteiger partial charge on any atom is 0.275 e. The van der Waals surface area contributed by atoms with Crippen molar-refractivity contribution >= 4 is 17.2 Å². The number of nitrogens with two attached hydrogens (primary N) is 1. The van der Waals surface area contributed by atoms with Crippen molar-refractivity contribution in [3.05, 3.63) is 93.2 Å². The van der Waals surface area contributed by atoms with Crippen LogP contribution in [0.2, 0.25) is 0 Å². The number of hydrogen-bond donors (Lipinski definition) is 2. The average molecular weight is 402 g/mol. The number of rotatable bonds is 7. The minimum absolute atomic E-state index is 0.0178. The molecule has 28 heavy (non-hydrogen) atoms. The summed E-state index contributed by atoms with van der Waals surface area (Å²) in [7, 11) is 0. The van der Waals surface area contributed by atoms with Gasteiger partial charge < -0.3 is 10.6 Å². The van der Waals surface area contributed by atoms with E-state index >= 15 is 0 Å². The van der Waals surface area contributed by atoms with Crippen LogP contribution in [0.25, 0.3) is 0 Å². The van der Waals surface area contributed by atoms with E-state index in [0.717, 1.165) is 16.5 Å². The molecule has 2 aromatic carbocycles. The Hall–Kier alpha value is -2.57. The summed E-state index contributed by atoms with van der Waals surface area (Å²) < 4.78 is 27.0. The van der Waals surface area contributed by atoms with Crippen molar-refractivity contribution in [1.82, 2.24) is 5.32 Å². The summed E-state index contributed by atoms with van der Waals surface area (Å²) >= 11 is 1.65. The first-order valence-electron chi connectivity index (χ1n) is 9.11. The Morgan fingerprint density at radius 1 is 1.14 bits per heavy atom. The summed E-state index contributed by atoms with van der Waals surface area (Å²) in [6, 6.07) is 15.2. The fourth-order valence-electron chi connectivity index (χ4n) is 3.11. The van der Waals surface area contributed by atoms with Crippen LogP contribution in [0.1, 0.15) is 40.6 Å². The molecule has 6 heteroatoms. The molecule has 1 aromatic heterocycles. The van der Waals surface area contributed by atoms with Crippen molar-refractivity contribution in [3.8, 4) is 0 Å².